The van der Waals surface area contributed by atoms with Gasteiger partial charge >= 0.3 is 0 Å². The third kappa shape index (κ3) is 0.445. The summed E-state index contributed by atoms with van der Waals surface area (Å²) in [4.78, 5) is 10.3. The van der Waals surface area contributed by atoms with E-state index in [0.717, 1.165) is 6.29 Å². The highest BCUT2D eigenvalue weighted by Crippen LogP contribution is 2.55. The molecule has 1 heteroatoms. The Kier molecular flexibility index (Phi) is 0.969. The summed E-state index contributed by atoms with van der Waals surface area (Å²) < 4.78 is 0. The number of hydrogen-bond donors (Lipinski definition) is 0. The normalized spacial score (nSPS) is 53.4. The van der Waals surface area contributed by atoms with Crippen LogP contribution < -0.4 is 0 Å². The van der Waals surface area contributed by atoms with E-state index in [1.807, 2.05) is 6.92 Å². The summed E-state index contributed by atoms with van der Waals surface area (Å²) in [7, 11) is 0. The van der Waals surface area contributed by atoms with Crippen LogP contribution in [-0.2, 0) is 4.79 Å². The van der Waals surface area contributed by atoms with E-state index in [0.29, 0.717) is 11.8 Å². The molecule has 0 saturated heterocycles. The average Bonchev–Trinajstić information content (AvgIpc) is 2.22. The fourth-order valence-corrected chi connectivity index (χ4v) is 1.23. The Bertz CT molecular complexity index is 110. The van der Waals surface area contributed by atoms with E-state index in [-0.39, 0.29) is 5.41 Å². The summed E-state index contributed by atoms with van der Waals surface area (Å²) in [6.07, 6.45) is 1.09. The molecule has 0 N–H and O–H groups in total. The third-order valence-electron chi connectivity index (χ3n) is 2.86. The van der Waals surface area contributed by atoms with E-state index in [9.17, 15) is 4.79 Å². The fourth-order valence-electron chi connectivity index (χ4n) is 1.23. The van der Waals surface area contributed by atoms with Crippen molar-refractivity contribution in [3.8, 4) is 0 Å². The van der Waals surface area contributed by atoms with Gasteiger partial charge in [-0.2, -0.15) is 0 Å². The van der Waals surface area contributed by atoms with Crippen molar-refractivity contribution in [3.05, 3.63) is 0 Å². The number of carbonyl (C=O) groups excluding carboxylic acids is 1. The van der Waals surface area contributed by atoms with Crippen molar-refractivity contribution in [2.45, 2.75) is 20.8 Å². The van der Waals surface area contributed by atoms with Crippen LogP contribution in [0, 0.1) is 17.3 Å². The van der Waals surface area contributed by atoms with E-state index in [1.165, 1.54) is 0 Å². The molecule has 0 aromatic rings. The van der Waals surface area contributed by atoms with Gasteiger partial charge in [0.05, 0.1) is 0 Å². The number of aldehydes is 1. The lowest BCUT2D eigenvalue weighted by atomic mass is 10.1. The molecule has 1 rings (SSSR count). The summed E-state index contributed by atoms with van der Waals surface area (Å²) >= 11 is 0. The Balaban J connectivity index is 2.63. The van der Waals surface area contributed by atoms with Gasteiger partial charge in [-0.25, -0.2) is 0 Å². The van der Waals surface area contributed by atoms with E-state index >= 15 is 0 Å². The SMILES string of the molecule is CC1C(C)C1(C)C=O. The summed E-state index contributed by atoms with van der Waals surface area (Å²) in [5.41, 5.74) is 0.0278. The summed E-state index contributed by atoms with van der Waals surface area (Å²) in [6, 6.07) is 0. The molecule has 0 spiro atoms. The largest absolute Gasteiger partial charge is 0.303 e. The molecule has 1 aliphatic carbocycles. The minimum Gasteiger partial charge on any atom is -0.303 e. The molecule has 0 bridgehead atoms. The molecule has 1 nitrogen and oxygen atoms in total. The Morgan fingerprint density at radius 2 is 1.75 bits per heavy atom. The number of carbonyl (C=O) groups is 1. The van der Waals surface area contributed by atoms with Crippen LogP contribution in [0.5, 0.6) is 0 Å². The van der Waals surface area contributed by atoms with Crippen LogP contribution in [0.2, 0.25) is 0 Å². The Morgan fingerprint density at radius 3 is 1.75 bits per heavy atom. The van der Waals surface area contributed by atoms with Gasteiger partial charge in [-0.1, -0.05) is 20.8 Å². The Morgan fingerprint density at radius 1 is 1.38 bits per heavy atom. The molecule has 0 aromatic carbocycles. The van der Waals surface area contributed by atoms with Gasteiger partial charge < -0.3 is 4.79 Å². The van der Waals surface area contributed by atoms with Crippen molar-refractivity contribution in [2.24, 2.45) is 17.3 Å². The highest BCUT2D eigenvalue weighted by molar-refractivity contribution is 5.64. The van der Waals surface area contributed by atoms with Crippen molar-refractivity contribution in [1.82, 2.24) is 0 Å². The smallest absolute Gasteiger partial charge is 0.126 e. The molecule has 0 aliphatic heterocycles. The third-order valence-corrected chi connectivity index (χ3v) is 2.86. The lowest BCUT2D eigenvalue weighted by molar-refractivity contribution is -0.112. The first-order valence-electron chi connectivity index (χ1n) is 3.09. The van der Waals surface area contributed by atoms with E-state index in [4.69, 9.17) is 0 Å². The van der Waals surface area contributed by atoms with Crippen LogP contribution >= 0.6 is 0 Å². The Hall–Kier alpha value is -0.330. The second kappa shape index (κ2) is 1.34. The highest BCUT2D eigenvalue weighted by atomic mass is 16.1. The van der Waals surface area contributed by atoms with Gasteiger partial charge in [0, 0.05) is 5.41 Å². The van der Waals surface area contributed by atoms with Gasteiger partial charge in [-0.3, -0.25) is 0 Å². The molecule has 2 unspecified atom stereocenters. The molecule has 8 heavy (non-hydrogen) atoms. The molecule has 1 aliphatic rings. The first-order valence-corrected chi connectivity index (χ1v) is 3.09. The Labute approximate surface area is 50.1 Å². The fraction of sp³-hybridized carbons (Fsp3) is 0.857. The topological polar surface area (TPSA) is 17.1 Å². The quantitative estimate of drug-likeness (QED) is 0.469. The van der Waals surface area contributed by atoms with Crippen LogP contribution in [-0.4, -0.2) is 6.29 Å². The molecule has 0 heterocycles. The maximum absolute atomic E-state index is 10.3. The van der Waals surface area contributed by atoms with Gasteiger partial charge in [0.2, 0.25) is 0 Å². The molecule has 0 aromatic heterocycles. The lowest BCUT2D eigenvalue weighted by Gasteiger charge is -1.92. The summed E-state index contributed by atoms with van der Waals surface area (Å²) in [5, 5.41) is 0. The first-order chi connectivity index (χ1) is 3.63. The average molecular weight is 112 g/mol. The van der Waals surface area contributed by atoms with Gasteiger partial charge in [0.15, 0.2) is 0 Å². The molecule has 1 saturated carbocycles. The van der Waals surface area contributed by atoms with Gasteiger partial charge in [-0.05, 0) is 11.8 Å². The minimum absolute atomic E-state index is 0.0278. The van der Waals surface area contributed by atoms with Crippen LogP contribution in [0.4, 0.5) is 0 Å². The maximum Gasteiger partial charge on any atom is 0.126 e. The van der Waals surface area contributed by atoms with E-state index in [2.05, 4.69) is 13.8 Å². The minimum atomic E-state index is 0.0278. The predicted molar refractivity (Wildman–Crippen MR) is 32.5 cm³/mol. The van der Waals surface area contributed by atoms with E-state index < -0.39 is 0 Å². The molecule has 0 radical (unpaired) electrons. The van der Waals surface area contributed by atoms with Gasteiger partial charge in [0.25, 0.3) is 0 Å². The van der Waals surface area contributed by atoms with Crippen molar-refractivity contribution in [2.75, 3.05) is 0 Å². The molecule has 0 amide bonds. The number of rotatable bonds is 1. The molecule has 46 valence electrons. The van der Waals surface area contributed by atoms with Crippen molar-refractivity contribution < 1.29 is 4.79 Å². The zero-order chi connectivity index (χ0) is 6.36. The van der Waals surface area contributed by atoms with E-state index in [1.54, 1.807) is 0 Å². The standard InChI is InChI=1S/C7H12O/c1-5-6(2)7(5,3)4-8/h4-6H,1-3H3. The van der Waals surface area contributed by atoms with Crippen LogP contribution in [0.3, 0.4) is 0 Å². The molecule has 1 fully saturated rings. The lowest BCUT2D eigenvalue weighted by Crippen LogP contribution is -1.97. The zero-order valence-electron chi connectivity index (χ0n) is 5.64. The van der Waals surface area contributed by atoms with Gasteiger partial charge in [-0.15, -0.1) is 0 Å². The molecule has 2 atom stereocenters. The van der Waals surface area contributed by atoms with Crippen molar-refractivity contribution in [3.63, 3.8) is 0 Å². The predicted octanol–water partition coefficient (Wildman–Crippen LogP) is 1.48. The van der Waals surface area contributed by atoms with Gasteiger partial charge in [0.1, 0.15) is 6.29 Å². The number of hydrogen-bond acceptors (Lipinski definition) is 1. The van der Waals surface area contributed by atoms with Crippen LogP contribution in [0.15, 0.2) is 0 Å². The molecular weight excluding hydrogens is 100 g/mol. The second-order valence-electron chi connectivity index (χ2n) is 3.06. The summed E-state index contributed by atoms with van der Waals surface area (Å²) in [6.45, 7) is 6.27. The second-order valence-corrected chi connectivity index (χ2v) is 3.06. The van der Waals surface area contributed by atoms with Crippen molar-refractivity contribution in [1.29, 1.82) is 0 Å². The van der Waals surface area contributed by atoms with Crippen LogP contribution in [0.25, 0.3) is 0 Å². The van der Waals surface area contributed by atoms with Crippen LogP contribution in [0.1, 0.15) is 20.8 Å². The molecular formula is C7H12O. The summed E-state index contributed by atoms with van der Waals surface area (Å²) in [5.74, 6) is 1.22. The highest BCUT2D eigenvalue weighted by Gasteiger charge is 2.55. The maximum atomic E-state index is 10.3. The zero-order valence-corrected chi connectivity index (χ0v) is 5.64. The first kappa shape index (κ1) is 5.80. The van der Waals surface area contributed by atoms with Crippen molar-refractivity contribution >= 4 is 6.29 Å². The monoisotopic (exact) mass is 112 g/mol.